The van der Waals surface area contributed by atoms with Gasteiger partial charge in [0.15, 0.2) is 0 Å². The molecule has 8 heteroatoms. The van der Waals surface area contributed by atoms with Crippen molar-refractivity contribution in [2.45, 2.75) is 19.8 Å². The summed E-state index contributed by atoms with van der Waals surface area (Å²) in [6.45, 7) is 4.00. The molecule has 8 nitrogen and oxygen atoms in total. The van der Waals surface area contributed by atoms with Crippen molar-refractivity contribution in [1.29, 1.82) is 10.5 Å². The highest BCUT2D eigenvalue weighted by atomic mass is 16.5. The van der Waals surface area contributed by atoms with Gasteiger partial charge in [-0.25, -0.2) is 9.59 Å². The number of carbonyl (C=O) groups excluding carboxylic acids is 2. The molecule has 0 saturated heterocycles. The van der Waals surface area contributed by atoms with Crippen molar-refractivity contribution in [2.24, 2.45) is 9.98 Å². The third kappa shape index (κ3) is 8.21. The molecule has 0 heterocycles. The van der Waals surface area contributed by atoms with Gasteiger partial charge < -0.3 is 9.47 Å². The molecular weight excluding hydrogens is 636 g/mol. The second kappa shape index (κ2) is 17.2. The molecule has 0 spiro atoms. The fraction of sp³-hybridized carbons (Fsp3) is 0.0698. The molecule has 6 rings (SSSR count). The van der Waals surface area contributed by atoms with Crippen LogP contribution < -0.4 is 9.47 Å². The van der Waals surface area contributed by atoms with Crippen molar-refractivity contribution in [3.63, 3.8) is 0 Å². The number of nitriles is 2. The average molecular weight is 667 g/mol. The molecule has 0 radical (unpaired) electrons. The van der Waals surface area contributed by atoms with Crippen molar-refractivity contribution < 1.29 is 19.1 Å². The predicted molar refractivity (Wildman–Crippen MR) is 196 cm³/mol. The molecule has 0 aliphatic rings. The van der Waals surface area contributed by atoms with Crippen LogP contribution in [0.15, 0.2) is 150 Å². The van der Waals surface area contributed by atoms with Crippen molar-refractivity contribution in [2.75, 3.05) is 0 Å². The first-order chi connectivity index (χ1) is 25.1. The van der Waals surface area contributed by atoms with Gasteiger partial charge in [-0.15, -0.1) is 10.5 Å². The fourth-order valence-corrected chi connectivity index (χ4v) is 5.79. The molecule has 0 fully saturated rings. The topological polar surface area (TPSA) is 125 Å². The monoisotopic (exact) mass is 666 g/mol. The van der Waals surface area contributed by atoms with E-state index in [1.807, 2.05) is 123 Å². The molecule has 0 bridgehead atoms. The van der Waals surface area contributed by atoms with Gasteiger partial charge in [-0.3, -0.25) is 0 Å². The Balaban J connectivity index is 0.00000248. The highest BCUT2D eigenvalue weighted by Gasteiger charge is 2.25. The van der Waals surface area contributed by atoms with E-state index in [-0.39, 0.29) is 0 Å². The highest BCUT2D eigenvalue weighted by molar-refractivity contribution is 5.74. The molecule has 0 aromatic heterocycles. The van der Waals surface area contributed by atoms with Crippen molar-refractivity contribution in [1.82, 2.24) is 0 Å². The molecule has 0 N–H and O–H groups in total. The summed E-state index contributed by atoms with van der Waals surface area (Å²) in [4.78, 5) is 30.3. The summed E-state index contributed by atoms with van der Waals surface area (Å²) in [6, 6.07) is 43.3. The number of benzene rings is 6. The number of nitrogens with zero attached hydrogens (tertiary/aromatic N) is 4. The molecule has 0 amide bonds. The Bertz CT molecular complexity index is 2290. The summed E-state index contributed by atoms with van der Waals surface area (Å²) in [5.41, 5.74) is 8.43. The van der Waals surface area contributed by atoms with Crippen LogP contribution in [0.1, 0.15) is 36.5 Å². The molecular formula is C43H30N4O4. The van der Waals surface area contributed by atoms with E-state index in [9.17, 15) is 14.9 Å². The van der Waals surface area contributed by atoms with Gasteiger partial charge in [0.2, 0.25) is 12.2 Å². The largest absolute Gasteiger partial charge is 0.388 e. The summed E-state index contributed by atoms with van der Waals surface area (Å²) in [5, 5.41) is 18.6. The molecule has 51 heavy (non-hydrogen) atoms. The lowest BCUT2D eigenvalue weighted by atomic mass is 9.81. The van der Waals surface area contributed by atoms with Crippen LogP contribution in [0.25, 0.3) is 33.4 Å². The first-order valence-electron chi connectivity index (χ1n) is 16.0. The standard InChI is InChI=1S/C41H24N4O4.C2H6/c42-24-48-36-18-12-31(13-19-36)34-15-21-40(49-25-43)38(23-34)41(32-8-6-29(7-9-32)28-4-2-1-3-5-28)37-22-33(14-20-39(37)45-27-47)30-10-16-35(17-11-30)44-26-46;1-2/h1-23,41H;1-2H3. The first-order valence-corrected chi connectivity index (χ1v) is 16.0. The minimum Gasteiger partial charge on any atom is -0.388 e. The number of ether oxygens (including phenoxy) is 2. The Morgan fingerprint density at radius 3 is 1.65 bits per heavy atom. The smallest absolute Gasteiger partial charge is 0.292 e. The first kappa shape index (κ1) is 35.0. The minimum atomic E-state index is -0.569. The zero-order chi connectivity index (χ0) is 36.0. The van der Waals surface area contributed by atoms with Crippen LogP contribution in [-0.4, -0.2) is 12.2 Å². The minimum absolute atomic E-state index is 0.329. The SMILES string of the molecule is CC.N#COc1ccc(-c2ccc(OC#N)c(C(c3ccc(-c4ccccc4)cc3)c3cc(-c4ccc(N=C=O)cc4)ccc3N=C=O)c2)cc1. The zero-order valence-corrected chi connectivity index (χ0v) is 27.8. The lowest BCUT2D eigenvalue weighted by Gasteiger charge is -2.24. The van der Waals surface area contributed by atoms with Crippen LogP contribution in [0.4, 0.5) is 11.4 Å². The Morgan fingerprint density at radius 1 is 0.529 bits per heavy atom. The second-order valence-electron chi connectivity index (χ2n) is 10.8. The van der Waals surface area contributed by atoms with Gasteiger partial charge in [0.1, 0.15) is 11.5 Å². The molecule has 0 aliphatic heterocycles. The Hall–Kier alpha value is -7.34. The van der Waals surface area contributed by atoms with Gasteiger partial charge in [0.25, 0.3) is 12.5 Å². The van der Waals surface area contributed by atoms with Crippen LogP contribution in [-0.2, 0) is 9.59 Å². The van der Waals surface area contributed by atoms with Gasteiger partial charge >= 0.3 is 0 Å². The van der Waals surface area contributed by atoms with Crippen LogP contribution in [0, 0.1) is 23.0 Å². The highest BCUT2D eigenvalue weighted by Crippen LogP contribution is 2.44. The maximum absolute atomic E-state index is 11.7. The number of hydrogen-bond donors (Lipinski definition) is 0. The van der Waals surface area contributed by atoms with Gasteiger partial charge in [0, 0.05) is 11.5 Å². The van der Waals surface area contributed by atoms with Gasteiger partial charge in [-0.2, -0.15) is 9.98 Å². The Kier molecular flexibility index (Phi) is 11.8. The van der Waals surface area contributed by atoms with E-state index in [4.69, 9.17) is 14.7 Å². The summed E-state index contributed by atoms with van der Waals surface area (Å²) < 4.78 is 10.5. The van der Waals surface area contributed by atoms with E-state index in [0.717, 1.165) is 38.9 Å². The lowest BCUT2D eigenvalue weighted by molar-refractivity contribution is 0.499. The second-order valence-corrected chi connectivity index (χ2v) is 10.8. The molecule has 6 aromatic carbocycles. The Labute approximate surface area is 295 Å². The quantitative estimate of drug-likeness (QED) is 0.0620. The molecule has 246 valence electrons. The number of isocyanates is 2. The van der Waals surface area contributed by atoms with Crippen LogP contribution in [0.5, 0.6) is 11.5 Å². The molecule has 6 aromatic rings. The van der Waals surface area contributed by atoms with Gasteiger partial charge in [-0.05, 0) is 93.0 Å². The van der Waals surface area contributed by atoms with E-state index in [2.05, 4.69) is 9.98 Å². The molecule has 0 saturated carbocycles. The summed E-state index contributed by atoms with van der Waals surface area (Å²) in [7, 11) is 0. The molecule has 1 atom stereocenters. The van der Waals surface area contributed by atoms with Crippen molar-refractivity contribution in [3.8, 4) is 57.4 Å². The van der Waals surface area contributed by atoms with E-state index >= 15 is 0 Å². The number of aliphatic imine (C=N–C) groups is 2. The third-order valence-electron chi connectivity index (χ3n) is 8.06. The average Bonchev–Trinajstić information content (AvgIpc) is 3.19. The molecule has 1 unspecified atom stereocenters. The summed E-state index contributed by atoms with van der Waals surface area (Å²) >= 11 is 0. The van der Waals surface area contributed by atoms with E-state index in [1.165, 1.54) is 0 Å². The maximum atomic E-state index is 11.7. The van der Waals surface area contributed by atoms with E-state index in [1.54, 1.807) is 54.8 Å². The van der Waals surface area contributed by atoms with Crippen molar-refractivity contribution >= 4 is 23.5 Å². The van der Waals surface area contributed by atoms with Gasteiger partial charge in [0.05, 0.1) is 11.4 Å². The van der Waals surface area contributed by atoms with Crippen LogP contribution in [0.2, 0.25) is 0 Å². The van der Waals surface area contributed by atoms with Crippen molar-refractivity contribution in [3.05, 3.63) is 156 Å². The third-order valence-corrected chi connectivity index (χ3v) is 8.06. The molecule has 0 aliphatic carbocycles. The maximum Gasteiger partial charge on any atom is 0.292 e. The fourth-order valence-electron chi connectivity index (χ4n) is 5.79. The van der Waals surface area contributed by atoms with Gasteiger partial charge in [-0.1, -0.05) is 105 Å². The van der Waals surface area contributed by atoms with Crippen LogP contribution >= 0.6 is 0 Å². The van der Waals surface area contributed by atoms with E-state index < -0.39 is 5.92 Å². The summed E-state index contributed by atoms with van der Waals surface area (Å²) in [5.74, 6) is 0.169. The zero-order valence-electron chi connectivity index (χ0n) is 27.8. The normalized spacial score (nSPS) is 10.4. The summed E-state index contributed by atoms with van der Waals surface area (Å²) in [6.07, 6.45) is 6.74. The Morgan fingerprint density at radius 2 is 1.04 bits per heavy atom. The lowest BCUT2D eigenvalue weighted by Crippen LogP contribution is -2.07. The predicted octanol–water partition coefficient (Wildman–Crippen LogP) is 10.5. The van der Waals surface area contributed by atoms with E-state index in [0.29, 0.717) is 34.0 Å². The number of hydrogen-bond acceptors (Lipinski definition) is 8. The van der Waals surface area contributed by atoms with Crippen LogP contribution in [0.3, 0.4) is 0 Å². The number of rotatable bonds is 10.